The Morgan fingerprint density at radius 1 is 0.950 bits per heavy atom. The Morgan fingerprint density at radius 3 is 1.75 bits per heavy atom. The molecule has 0 heterocycles. The summed E-state index contributed by atoms with van der Waals surface area (Å²) in [4.78, 5) is 1.22. The first kappa shape index (κ1) is 16.1. The van der Waals surface area contributed by atoms with E-state index < -0.39 is 9.52 Å². The van der Waals surface area contributed by atoms with Gasteiger partial charge in [-0.05, 0) is 54.4 Å². The van der Waals surface area contributed by atoms with E-state index in [4.69, 9.17) is 4.74 Å². The highest BCUT2D eigenvalue weighted by Gasteiger charge is 2.11. The molecule has 4 heteroatoms. The number of phenols is 1. The van der Waals surface area contributed by atoms with Crippen molar-refractivity contribution in [3.8, 4) is 11.5 Å². The smallest absolute Gasteiger partial charge is 0.118 e. The van der Waals surface area contributed by atoms with Crippen LogP contribution in [0.4, 0.5) is 0 Å². The number of hydrogen-bond acceptors (Lipinski definition) is 3. The minimum absolute atomic E-state index is 0.142. The number of rotatable bonds is 3. The molecular weight excluding hydrogens is 272 g/mol. The van der Waals surface area contributed by atoms with Crippen LogP contribution in [0.5, 0.6) is 11.5 Å². The largest absolute Gasteiger partial charge is 0.508 e. The summed E-state index contributed by atoms with van der Waals surface area (Å²) >= 11 is 0. The molecule has 0 fully saturated rings. The van der Waals surface area contributed by atoms with Gasteiger partial charge in [-0.3, -0.25) is 4.21 Å². The van der Waals surface area contributed by atoms with Crippen molar-refractivity contribution >= 4 is 15.4 Å². The zero-order valence-electron chi connectivity index (χ0n) is 12.0. The second kappa shape index (κ2) is 7.01. The van der Waals surface area contributed by atoms with Gasteiger partial charge in [0, 0.05) is 19.3 Å². The first-order valence-electron chi connectivity index (χ1n) is 6.34. The Labute approximate surface area is 120 Å². The number of hydrogen-bond donors (Lipinski definition) is 1. The summed E-state index contributed by atoms with van der Waals surface area (Å²) in [6.07, 6.45) is 0. The molecule has 0 aromatic heterocycles. The SMILES string of the molecule is C=S(=O)(c1ccc(O)cc1)c1ccc(OC)cc1.CC. The lowest BCUT2D eigenvalue weighted by molar-refractivity contribution is 0.414. The lowest BCUT2D eigenvalue weighted by Crippen LogP contribution is -2.01. The van der Waals surface area contributed by atoms with Gasteiger partial charge in [0.2, 0.25) is 0 Å². The van der Waals surface area contributed by atoms with Crippen molar-refractivity contribution in [2.24, 2.45) is 0 Å². The number of aromatic hydroxyl groups is 1. The van der Waals surface area contributed by atoms with Crippen LogP contribution in [0.3, 0.4) is 0 Å². The van der Waals surface area contributed by atoms with E-state index in [1.165, 1.54) is 12.1 Å². The van der Waals surface area contributed by atoms with Gasteiger partial charge in [0.05, 0.1) is 7.11 Å². The van der Waals surface area contributed by atoms with Crippen LogP contribution < -0.4 is 4.74 Å². The van der Waals surface area contributed by atoms with Crippen LogP contribution in [0.15, 0.2) is 58.3 Å². The average Bonchev–Trinajstić information content (AvgIpc) is 2.50. The van der Waals surface area contributed by atoms with E-state index in [1.807, 2.05) is 13.8 Å². The summed E-state index contributed by atoms with van der Waals surface area (Å²) in [5.74, 6) is 4.65. The second-order valence-electron chi connectivity index (χ2n) is 3.84. The lowest BCUT2D eigenvalue weighted by Gasteiger charge is -2.10. The topological polar surface area (TPSA) is 46.5 Å². The fourth-order valence-corrected chi connectivity index (χ4v) is 3.02. The van der Waals surface area contributed by atoms with E-state index in [0.29, 0.717) is 15.5 Å². The van der Waals surface area contributed by atoms with Crippen LogP contribution in [0.1, 0.15) is 13.8 Å². The number of ether oxygens (including phenoxy) is 1. The van der Waals surface area contributed by atoms with Gasteiger partial charge < -0.3 is 9.84 Å². The third kappa shape index (κ3) is 3.54. The molecule has 2 aromatic rings. The van der Waals surface area contributed by atoms with Crippen molar-refractivity contribution in [1.29, 1.82) is 0 Å². The van der Waals surface area contributed by atoms with Gasteiger partial charge in [-0.2, -0.15) is 0 Å². The summed E-state index contributed by atoms with van der Waals surface area (Å²) in [6.45, 7) is 4.00. The summed E-state index contributed by atoms with van der Waals surface area (Å²) in [5, 5.41) is 9.23. The molecule has 0 radical (unpaired) electrons. The molecule has 0 saturated heterocycles. The Bertz CT molecular complexity index is 626. The van der Waals surface area contributed by atoms with Crippen LogP contribution in [-0.4, -0.2) is 22.3 Å². The maximum Gasteiger partial charge on any atom is 0.118 e. The van der Waals surface area contributed by atoms with Crippen molar-refractivity contribution in [3.63, 3.8) is 0 Å². The third-order valence-electron chi connectivity index (χ3n) is 2.66. The molecular formula is C16H20O3S. The first-order valence-corrected chi connectivity index (χ1v) is 8.07. The summed E-state index contributed by atoms with van der Waals surface area (Å²) in [7, 11) is -0.968. The van der Waals surface area contributed by atoms with E-state index in [-0.39, 0.29) is 5.75 Å². The number of methoxy groups -OCH3 is 1. The van der Waals surface area contributed by atoms with Crippen LogP contribution in [0, 0.1) is 0 Å². The lowest BCUT2D eigenvalue weighted by atomic mass is 10.3. The molecule has 0 amide bonds. The standard InChI is InChI=1S/C14H14O3S.C2H6/c1-17-12-5-9-14(10-6-12)18(2,16)13-7-3-11(15)4-8-13;1-2/h3-10,15H,2H2,1H3;1-2H3. The fourth-order valence-electron chi connectivity index (χ4n) is 1.60. The van der Waals surface area contributed by atoms with Gasteiger partial charge in [-0.15, -0.1) is 0 Å². The Morgan fingerprint density at radius 2 is 1.35 bits per heavy atom. The summed E-state index contributed by atoms with van der Waals surface area (Å²) < 4.78 is 17.7. The quantitative estimate of drug-likeness (QED) is 0.880. The highest BCUT2D eigenvalue weighted by molar-refractivity contribution is 8.00. The first-order chi connectivity index (χ1) is 9.54. The highest BCUT2D eigenvalue weighted by Crippen LogP contribution is 2.24. The van der Waals surface area contributed by atoms with Crippen molar-refractivity contribution < 1.29 is 14.1 Å². The van der Waals surface area contributed by atoms with E-state index in [0.717, 1.165) is 0 Å². The van der Waals surface area contributed by atoms with Gasteiger partial charge in [-0.1, -0.05) is 13.8 Å². The predicted molar refractivity (Wildman–Crippen MR) is 84.2 cm³/mol. The van der Waals surface area contributed by atoms with Crippen molar-refractivity contribution in [1.82, 2.24) is 0 Å². The molecule has 2 rings (SSSR count). The van der Waals surface area contributed by atoms with Crippen LogP contribution in [0.2, 0.25) is 0 Å². The Kier molecular flexibility index (Phi) is 5.65. The van der Waals surface area contributed by atoms with Crippen molar-refractivity contribution in [2.45, 2.75) is 23.6 Å². The molecule has 0 spiro atoms. The maximum atomic E-state index is 12.7. The second-order valence-corrected chi connectivity index (χ2v) is 6.14. The zero-order valence-corrected chi connectivity index (χ0v) is 12.8. The molecule has 1 N–H and O–H groups in total. The number of benzene rings is 2. The van der Waals surface area contributed by atoms with E-state index >= 15 is 0 Å². The Hall–Kier alpha value is -1.94. The molecule has 1 unspecified atom stereocenters. The van der Waals surface area contributed by atoms with Crippen molar-refractivity contribution in [3.05, 3.63) is 48.5 Å². The molecule has 2 aromatic carbocycles. The summed E-state index contributed by atoms with van der Waals surface area (Å²) in [6, 6.07) is 13.2. The van der Waals surface area contributed by atoms with E-state index in [9.17, 15) is 9.32 Å². The molecule has 1 atom stereocenters. The highest BCUT2D eigenvalue weighted by atomic mass is 32.2. The van der Waals surface area contributed by atoms with Gasteiger partial charge >= 0.3 is 0 Å². The molecule has 20 heavy (non-hydrogen) atoms. The maximum absolute atomic E-state index is 12.7. The van der Waals surface area contributed by atoms with Crippen molar-refractivity contribution in [2.75, 3.05) is 7.11 Å². The van der Waals surface area contributed by atoms with E-state index in [1.54, 1.807) is 43.5 Å². The molecule has 0 saturated carbocycles. The number of phenolic OH excluding ortho intramolecular Hbond substituents is 1. The molecule has 0 aliphatic carbocycles. The van der Waals surface area contributed by atoms with Gasteiger partial charge in [0.1, 0.15) is 11.5 Å². The Balaban J connectivity index is 0.000000956. The van der Waals surface area contributed by atoms with Crippen LogP contribution in [0.25, 0.3) is 0 Å². The minimum Gasteiger partial charge on any atom is -0.508 e. The molecule has 3 nitrogen and oxygen atoms in total. The van der Waals surface area contributed by atoms with Gasteiger partial charge in [0.15, 0.2) is 0 Å². The third-order valence-corrected chi connectivity index (χ3v) is 4.72. The summed E-state index contributed by atoms with van der Waals surface area (Å²) in [5.41, 5.74) is 0. The van der Waals surface area contributed by atoms with Gasteiger partial charge in [-0.25, -0.2) is 0 Å². The molecule has 0 aliphatic heterocycles. The van der Waals surface area contributed by atoms with Crippen LogP contribution >= 0.6 is 0 Å². The van der Waals surface area contributed by atoms with Gasteiger partial charge in [0.25, 0.3) is 0 Å². The fraction of sp³-hybridized carbons (Fsp3) is 0.188. The van der Waals surface area contributed by atoms with Crippen LogP contribution in [-0.2, 0) is 9.52 Å². The minimum atomic E-state index is -2.55. The normalized spacial score (nSPS) is 12.8. The molecule has 0 bridgehead atoms. The van der Waals surface area contributed by atoms with E-state index in [2.05, 4.69) is 5.87 Å². The zero-order chi connectivity index (χ0) is 15.2. The average molecular weight is 292 g/mol. The monoisotopic (exact) mass is 292 g/mol. The molecule has 0 aliphatic rings. The molecule has 108 valence electrons. The predicted octanol–water partition coefficient (Wildman–Crippen LogP) is 3.56.